The fourth-order valence-electron chi connectivity index (χ4n) is 2.55. The third-order valence-electron chi connectivity index (χ3n) is 3.64. The number of piperidine rings is 1. The molecule has 5 nitrogen and oxygen atoms in total. The van der Waals surface area contributed by atoms with Crippen LogP contribution < -0.4 is 11.1 Å². The van der Waals surface area contributed by atoms with Crippen LogP contribution in [0.1, 0.15) is 12.8 Å². The third-order valence-corrected chi connectivity index (χ3v) is 4.36. The Morgan fingerprint density at radius 2 is 2.04 bits per heavy atom. The highest BCUT2D eigenvalue weighted by molar-refractivity contribution is 7.99. The van der Waals surface area contributed by atoms with Crippen molar-refractivity contribution in [3.8, 4) is 0 Å². The van der Waals surface area contributed by atoms with E-state index in [4.69, 9.17) is 5.73 Å². The second kappa shape index (κ2) is 8.26. The molecule has 0 spiro atoms. The second-order valence-corrected chi connectivity index (χ2v) is 6.49. The summed E-state index contributed by atoms with van der Waals surface area (Å²) in [6.07, 6.45) is 1.59. The number of alkyl halides is 2. The quantitative estimate of drug-likeness (QED) is 0.776. The molecular weight excluding hydrogens is 324 g/mol. The first kappa shape index (κ1) is 17.7. The molecule has 1 aliphatic heterocycles. The van der Waals surface area contributed by atoms with Gasteiger partial charge in [0.15, 0.2) is 0 Å². The number of benzene rings is 1. The second-order valence-electron chi connectivity index (χ2n) is 5.43. The summed E-state index contributed by atoms with van der Waals surface area (Å²) in [5.41, 5.74) is 5.86. The summed E-state index contributed by atoms with van der Waals surface area (Å²) in [4.78, 5) is 25.6. The lowest BCUT2D eigenvalue weighted by Crippen LogP contribution is -2.44. The number of carbonyl (C=O) groups is 2. The molecule has 0 unspecified atom stereocenters. The lowest BCUT2D eigenvalue weighted by atomic mass is 9.97. The average Bonchev–Trinajstić information content (AvgIpc) is 2.49. The van der Waals surface area contributed by atoms with Gasteiger partial charge in [-0.3, -0.25) is 14.5 Å². The molecule has 8 heteroatoms. The maximum atomic E-state index is 12.2. The fraction of sp³-hybridized carbons (Fsp3) is 0.467. The number of halogens is 2. The van der Waals surface area contributed by atoms with E-state index in [1.807, 2.05) is 4.90 Å². The number of nitrogens with one attached hydrogen (secondary N) is 1. The van der Waals surface area contributed by atoms with E-state index in [1.54, 1.807) is 12.1 Å². The SMILES string of the molecule is NC(=O)[C@@H]1CCCN(CC(=O)Nc2ccc(SC(F)F)cc2)C1. The van der Waals surface area contributed by atoms with Crippen LogP contribution in [0.4, 0.5) is 14.5 Å². The smallest absolute Gasteiger partial charge is 0.288 e. The molecule has 1 heterocycles. The number of likely N-dealkylation sites (tertiary alicyclic amines) is 1. The summed E-state index contributed by atoms with van der Waals surface area (Å²) >= 11 is 0.459. The van der Waals surface area contributed by atoms with Crippen LogP contribution in [0.5, 0.6) is 0 Å². The Kier molecular flexibility index (Phi) is 6.35. The van der Waals surface area contributed by atoms with Gasteiger partial charge in [0.05, 0.1) is 12.5 Å². The molecule has 0 bridgehead atoms. The van der Waals surface area contributed by atoms with Crippen molar-refractivity contribution < 1.29 is 18.4 Å². The predicted molar refractivity (Wildman–Crippen MR) is 85.3 cm³/mol. The minimum Gasteiger partial charge on any atom is -0.369 e. The maximum absolute atomic E-state index is 12.2. The maximum Gasteiger partial charge on any atom is 0.288 e. The van der Waals surface area contributed by atoms with Crippen molar-refractivity contribution in [2.45, 2.75) is 23.5 Å². The normalized spacial score (nSPS) is 18.8. The highest BCUT2D eigenvalue weighted by atomic mass is 32.2. The Morgan fingerprint density at radius 1 is 1.35 bits per heavy atom. The monoisotopic (exact) mass is 343 g/mol. The lowest BCUT2D eigenvalue weighted by molar-refractivity contribution is -0.125. The van der Waals surface area contributed by atoms with Crippen LogP contribution >= 0.6 is 11.8 Å². The van der Waals surface area contributed by atoms with Crippen molar-refractivity contribution in [3.05, 3.63) is 24.3 Å². The average molecular weight is 343 g/mol. The van der Waals surface area contributed by atoms with Crippen LogP contribution in [0.3, 0.4) is 0 Å². The van der Waals surface area contributed by atoms with Crippen molar-refractivity contribution >= 4 is 29.3 Å². The van der Waals surface area contributed by atoms with E-state index in [2.05, 4.69) is 5.32 Å². The number of carbonyl (C=O) groups excluding carboxylic acids is 2. The van der Waals surface area contributed by atoms with Crippen LogP contribution in [0, 0.1) is 5.92 Å². The Balaban J connectivity index is 1.83. The molecule has 3 N–H and O–H groups in total. The number of hydrogen-bond acceptors (Lipinski definition) is 4. The van der Waals surface area contributed by atoms with E-state index >= 15 is 0 Å². The van der Waals surface area contributed by atoms with E-state index < -0.39 is 5.76 Å². The number of primary amides is 1. The summed E-state index contributed by atoms with van der Waals surface area (Å²) in [6.45, 7) is 1.42. The molecule has 0 radical (unpaired) electrons. The predicted octanol–water partition coefficient (Wildman–Crippen LogP) is 2.14. The Morgan fingerprint density at radius 3 is 2.65 bits per heavy atom. The molecule has 1 fully saturated rings. The molecule has 0 saturated carbocycles. The molecule has 2 rings (SSSR count). The van der Waals surface area contributed by atoms with Gasteiger partial charge in [-0.1, -0.05) is 11.8 Å². The van der Waals surface area contributed by atoms with Crippen molar-refractivity contribution in [1.29, 1.82) is 0 Å². The molecule has 1 saturated heterocycles. The zero-order valence-electron chi connectivity index (χ0n) is 12.5. The van der Waals surface area contributed by atoms with Crippen molar-refractivity contribution in [2.24, 2.45) is 11.7 Å². The van der Waals surface area contributed by atoms with Gasteiger partial charge in [0.2, 0.25) is 11.8 Å². The van der Waals surface area contributed by atoms with Gasteiger partial charge in [-0.15, -0.1) is 0 Å². The molecule has 1 atom stereocenters. The van der Waals surface area contributed by atoms with Crippen molar-refractivity contribution in [1.82, 2.24) is 4.90 Å². The molecule has 2 amide bonds. The van der Waals surface area contributed by atoms with Crippen LogP contribution in [-0.2, 0) is 9.59 Å². The number of nitrogens with zero attached hydrogens (tertiary/aromatic N) is 1. The highest BCUT2D eigenvalue weighted by Crippen LogP contribution is 2.26. The van der Waals surface area contributed by atoms with Gasteiger partial charge >= 0.3 is 0 Å². The number of anilines is 1. The van der Waals surface area contributed by atoms with E-state index in [0.29, 0.717) is 28.9 Å². The summed E-state index contributed by atoms with van der Waals surface area (Å²) in [5, 5.41) is 2.72. The molecular formula is C15H19F2N3O2S. The molecule has 1 aliphatic rings. The summed E-state index contributed by atoms with van der Waals surface area (Å²) in [6, 6.07) is 6.25. The lowest BCUT2D eigenvalue weighted by Gasteiger charge is -2.30. The van der Waals surface area contributed by atoms with E-state index in [0.717, 1.165) is 19.4 Å². The van der Waals surface area contributed by atoms with Crippen LogP contribution in [-0.4, -0.2) is 42.1 Å². The van der Waals surface area contributed by atoms with Crippen LogP contribution in [0.25, 0.3) is 0 Å². The first-order chi connectivity index (χ1) is 10.9. The van der Waals surface area contributed by atoms with E-state index in [9.17, 15) is 18.4 Å². The zero-order valence-corrected chi connectivity index (χ0v) is 13.3. The van der Waals surface area contributed by atoms with Gasteiger partial charge in [-0.25, -0.2) is 0 Å². The summed E-state index contributed by atoms with van der Waals surface area (Å²) in [5.74, 6) is -3.21. The van der Waals surface area contributed by atoms with Gasteiger partial charge in [-0.2, -0.15) is 8.78 Å². The number of nitrogens with two attached hydrogens (primary N) is 1. The summed E-state index contributed by atoms with van der Waals surface area (Å²) < 4.78 is 24.5. The first-order valence-electron chi connectivity index (χ1n) is 7.30. The molecule has 126 valence electrons. The summed E-state index contributed by atoms with van der Waals surface area (Å²) in [7, 11) is 0. The number of thioether (sulfide) groups is 1. The zero-order chi connectivity index (χ0) is 16.8. The molecule has 1 aromatic carbocycles. The highest BCUT2D eigenvalue weighted by Gasteiger charge is 2.25. The van der Waals surface area contributed by atoms with E-state index in [-0.39, 0.29) is 24.3 Å². The molecule has 0 aliphatic carbocycles. The number of amides is 2. The van der Waals surface area contributed by atoms with Gasteiger partial charge in [0.1, 0.15) is 0 Å². The van der Waals surface area contributed by atoms with Gasteiger partial charge in [0.25, 0.3) is 5.76 Å². The first-order valence-corrected chi connectivity index (χ1v) is 8.18. The molecule has 23 heavy (non-hydrogen) atoms. The third kappa shape index (κ3) is 5.80. The molecule has 1 aromatic rings. The van der Waals surface area contributed by atoms with Crippen molar-refractivity contribution in [3.63, 3.8) is 0 Å². The largest absolute Gasteiger partial charge is 0.369 e. The standard InChI is InChI=1S/C15H19F2N3O2S/c16-15(17)23-12-5-3-11(4-6-12)19-13(21)9-20-7-1-2-10(8-20)14(18)22/h3-6,10,15H,1-2,7-9H2,(H2,18,22)(H,19,21)/t10-/m1/s1. The minimum atomic E-state index is -2.47. The minimum absolute atomic E-state index is 0.178. The number of rotatable bonds is 6. The number of hydrogen-bond donors (Lipinski definition) is 2. The van der Waals surface area contributed by atoms with Crippen LogP contribution in [0.15, 0.2) is 29.2 Å². The fourth-order valence-corrected chi connectivity index (χ4v) is 3.05. The van der Waals surface area contributed by atoms with Gasteiger partial charge in [0, 0.05) is 17.1 Å². The van der Waals surface area contributed by atoms with Gasteiger partial charge < -0.3 is 11.1 Å². The van der Waals surface area contributed by atoms with Crippen LogP contribution in [0.2, 0.25) is 0 Å². The van der Waals surface area contributed by atoms with E-state index in [1.165, 1.54) is 12.1 Å². The Bertz CT molecular complexity index is 554. The van der Waals surface area contributed by atoms with Crippen molar-refractivity contribution in [2.75, 3.05) is 25.0 Å². The van der Waals surface area contributed by atoms with Gasteiger partial charge in [-0.05, 0) is 43.7 Å². The Hall–Kier alpha value is -1.67. The Labute approximate surface area is 137 Å². The molecule has 0 aromatic heterocycles. The topological polar surface area (TPSA) is 75.4 Å².